The van der Waals surface area contributed by atoms with Gasteiger partial charge in [-0.1, -0.05) is 6.07 Å². The van der Waals surface area contributed by atoms with Crippen molar-refractivity contribution in [1.82, 2.24) is 0 Å². The average Bonchev–Trinajstić information content (AvgIpc) is 2.28. The summed E-state index contributed by atoms with van der Waals surface area (Å²) in [5.74, 6) is -10.9. The summed E-state index contributed by atoms with van der Waals surface area (Å²) >= 11 is 0. The van der Waals surface area contributed by atoms with Crippen LogP contribution in [0.1, 0.15) is 5.56 Å². The first kappa shape index (κ1) is 15.1. The number of hydrogen-bond donors (Lipinski definition) is 1. The van der Waals surface area contributed by atoms with Gasteiger partial charge in [-0.3, -0.25) is 10.1 Å². The minimum absolute atomic E-state index is 0.0472. The molecule has 0 heterocycles. The van der Waals surface area contributed by atoms with Crippen molar-refractivity contribution in [2.24, 2.45) is 0 Å². The van der Waals surface area contributed by atoms with Gasteiger partial charge in [-0.25, -0.2) is 8.78 Å². The fourth-order valence-corrected chi connectivity index (χ4v) is 1.23. The van der Waals surface area contributed by atoms with Crippen molar-refractivity contribution in [3.05, 3.63) is 33.9 Å². The third kappa shape index (κ3) is 2.42. The Balaban J connectivity index is 3.37. The third-order valence-electron chi connectivity index (χ3n) is 2.28. The van der Waals surface area contributed by atoms with Gasteiger partial charge in [-0.05, 0) is 6.07 Å². The van der Waals surface area contributed by atoms with Crippen LogP contribution in [0.25, 0.3) is 0 Å². The molecular weight excluding hydrogens is 282 g/mol. The van der Waals surface area contributed by atoms with Gasteiger partial charge >= 0.3 is 18.3 Å². The maximum atomic E-state index is 13.3. The number of nitro benzene ring substituents is 1. The van der Waals surface area contributed by atoms with Crippen LogP contribution in [0, 0.1) is 10.1 Å². The standard InChI is InChI=1S/C9H6F6N2O2/c10-7(11)9(14,15)8(12,13)4-1-2-5(16)6(3-4)17(18)19/h1-3,7H,16H2. The van der Waals surface area contributed by atoms with E-state index in [1.807, 2.05) is 0 Å². The first-order chi connectivity index (χ1) is 8.51. The third-order valence-corrected chi connectivity index (χ3v) is 2.28. The zero-order valence-electron chi connectivity index (χ0n) is 8.92. The molecule has 19 heavy (non-hydrogen) atoms. The molecule has 0 atom stereocenters. The highest BCUT2D eigenvalue weighted by atomic mass is 19.3. The molecule has 0 amide bonds. The van der Waals surface area contributed by atoms with Gasteiger partial charge in [0, 0.05) is 11.6 Å². The fraction of sp³-hybridized carbons (Fsp3) is 0.333. The SMILES string of the molecule is Nc1ccc(C(F)(F)C(F)(F)C(F)F)cc1[N+](=O)[O-]. The molecule has 0 aliphatic heterocycles. The van der Waals surface area contributed by atoms with Gasteiger partial charge in [-0.15, -0.1) is 0 Å². The van der Waals surface area contributed by atoms with Crippen LogP contribution >= 0.6 is 0 Å². The number of rotatable bonds is 4. The van der Waals surface area contributed by atoms with Crippen LogP contribution in [0.3, 0.4) is 0 Å². The summed E-state index contributed by atoms with van der Waals surface area (Å²) < 4.78 is 75.9. The first-order valence-corrected chi connectivity index (χ1v) is 4.60. The van der Waals surface area contributed by atoms with Gasteiger partial charge in [0.15, 0.2) is 0 Å². The predicted octanol–water partition coefficient (Wildman–Crippen LogP) is 3.17. The second kappa shape index (κ2) is 4.59. The summed E-state index contributed by atoms with van der Waals surface area (Å²) in [6, 6.07) is 0.952. The summed E-state index contributed by atoms with van der Waals surface area (Å²) in [4.78, 5) is 9.24. The van der Waals surface area contributed by atoms with Crippen molar-refractivity contribution >= 4 is 11.4 Å². The number of halogens is 6. The van der Waals surface area contributed by atoms with Crippen molar-refractivity contribution in [2.75, 3.05) is 5.73 Å². The molecule has 0 bridgehead atoms. The van der Waals surface area contributed by atoms with Crippen LogP contribution < -0.4 is 5.73 Å². The van der Waals surface area contributed by atoms with E-state index in [4.69, 9.17) is 5.73 Å². The zero-order valence-corrected chi connectivity index (χ0v) is 8.92. The molecule has 0 radical (unpaired) electrons. The summed E-state index contributed by atoms with van der Waals surface area (Å²) in [6.07, 6.45) is -4.63. The number of anilines is 1. The van der Waals surface area contributed by atoms with Crippen molar-refractivity contribution in [1.29, 1.82) is 0 Å². The Kier molecular flexibility index (Phi) is 3.64. The molecule has 4 nitrogen and oxygen atoms in total. The number of nitrogen functional groups attached to an aromatic ring is 1. The van der Waals surface area contributed by atoms with Crippen LogP contribution in [-0.2, 0) is 5.92 Å². The maximum Gasteiger partial charge on any atom is 0.373 e. The molecule has 0 aliphatic carbocycles. The van der Waals surface area contributed by atoms with Gasteiger partial charge in [0.05, 0.1) is 4.92 Å². The molecule has 10 heteroatoms. The maximum absolute atomic E-state index is 13.3. The normalized spacial score (nSPS) is 12.8. The average molecular weight is 288 g/mol. The second-order valence-electron chi connectivity index (χ2n) is 3.53. The predicted molar refractivity (Wildman–Crippen MR) is 52.4 cm³/mol. The molecule has 0 aromatic heterocycles. The number of hydrogen-bond acceptors (Lipinski definition) is 3. The number of nitro groups is 1. The highest BCUT2D eigenvalue weighted by Crippen LogP contribution is 2.47. The Bertz CT molecular complexity index is 505. The molecule has 2 N–H and O–H groups in total. The Morgan fingerprint density at radius 1 is 1.21 bits per heavy atom. The van der Waals surface area contributed by atoms with E-state index < -0.39 is 40.1 Å². The van der Waals surface area contributed by atoms with E-state index in [0.717, 1.165) is 0 Å². The van der Waals surface area contributed by atoms with Crippen LogP contribution in [-0.4, -0.2) is 17.3 Å². The first-order valence-electron chi connectivity index (χ1n) is 4.60. The second-order valence-corrected chi connectivity index (χ2v) is 3.53. The molecule has 1 rings (SSSR count). The van der Waals surface area contributed by atoms with Gasteiger partial charge in [-0.2, -0.15) is 17.6 Å². The Labute approximate surface area is 102 Å². The molecule has 0 saturated carbocycles. The topological polar surface area (TPSA) is 69.2 Å². The summed E-state index contributed by atoms with van der Waals surface area (Å²) in [5.41, 5.74) is 1.85. The largest absolute Gasteiger partial charge is 0.393 e. The summed E-state index contributed by atoms with van der Waals surface area (Å²) in [7, 11) is 0. The van der Waals surface area contributed by atoms with Gasteiger partial charge < -0.3 is 5.73 Å². The monoisotopic (exact) mass is 288 g/mol. The van der Waals surface area contributed by atoms with Crippen LogP contribution in [0.4, 0.5) is 37.7 Å². The van der Waals surface area contributed by atoms with Crippen molar-refractivity contribution < 1.29 is 31.3 Å². The molecule has 0 saturated heterocycles. The molecule has 0 fully saturated rings. The van der Waals surface area contributed by atoms with E-state index in [-0.39, 0.29) is 6.07 Å². The Morgan fingerprint density at radius 3 is 2.16 bits per heavy atom. The molecular formula is C9H6F6N2O2. The number of nitrogens with zero attached hydrogens (tertiary/aromatic N) is 1. The summed E-state index contributed by atoms with van der Waals surface area (Å²) in [5, 5.41) is 10.4. The van der Waals surface area contributed by atoms with Crippen LogP contribution in [0.2, 0.25) is 0 Å². The zero-order chi connectivity index (χ0) is 15.0. The van der Waals surface area contributed by atoms with E-state index in [1.54, 1.807) is 0 Å². The minimum atomic E-state index is -5.66. The number of benzene rings is 1. The number of alkyl halides is 6. The lowest BCUT2D eigenvalue weighted by atomic mass is 10.0. The molecule has 0 spiro atoms. The lowest BCUT2D eigenvalue weighted by molar-refractivity contribution is -0.384. The lowest BCUT2D eigenvalue weighted by Crippen LogP contribution is -2.44. The van der Waals surface area contributed by atoms with E-state index in [9.17, 15) is 36.5 Å². The van der Waals surface area contributed by atoms with E-state index in [0.29, 0.717) is 12.1 Å². The smallest absolute Gasteiger partial charge is 0.373 e. The highest BCUT2D eigenvalue weighted by Gasteiger charge is 2.64. The lowest BCUT2D eigenvalue weighted by Gasteiger charge is -2.25. The van der Waals surface area contributed by atoms with Gasteiger partial charge in [0.25, 0.3) is 5.69 Å². The van der Waals surface area contributed by atoms with Crippen LogP contribution in [0.5, 0.6) is 0 Å². The molecule has 1 aromatic rings. The van der Waals surface area contributed by atoms with Crippen molar-refractivity contribution in [2.45, 2.75) is 18.3 Å². The van der Waals surface area contributed by atoms with E-state index >= 15 is 0 Å². The Hall–Kier alpha value is -2.00. The fourth-order valence-electron chi connectivity index (χ4n) is 1.23. The Morgan fingerprint density at radius 2 is 1.74 bits per heavy atom. The van der Waals surface area contributed by atoms with E-state index in [1.165, 1.54) is 0 Å². The molecule has 106 valence electrons. The number of nitrogens with two attached hydrogens (primary N) is 1. The molecule has 0 aliphatic rings. The van der Waals surface area contributed by atoms with Gasteiger partial charge in [0.1, 0.15) is 5.69 Å². The molecule has 1 aromatic carbocycles. The van der Waals surface area contributed by atoms with E-state index in [2.05, 4.69) is 0 Å². The van der Waals surface area contributed by atoms with Crippen molar-refractivity contribution in [3.63, 3.8) is 0 Å². The highest BCUT2D eigenvalue weighted by molar-refractivity contribution is 5.59. The van der Waals surface area contributed by atoms with Crippen LogP contribution in [0.15, 0.2) is 18.2 Å². The van der Waals surface area contributed by atoms with Gasteiger partial charge in [0.2, 0.25) is 0 Å². The van der Waals surface area contributed by atoms with Crippen molar-refractivity contribution in [3.8, 4) is 0 Å². The quantitative estimate of drug-likeness (QED) is 0.400. The summed E-state index contributed by atoms with van der Waals surface area (Å²) in [6.45, 7) is 0. The minimum Gasteiger partial charge on any atom is -0.393 e. The molecule has 0 unspecified atom stereocenters.